The van der Waals surface area contributed by atoms with Crippen LogP contribution in [0.4, 0.5) is 5.69 Å². The van der Waals surface area contributed by atoms with Gasteiger partial charge in [0.05, 0.1) is 12.2 Å². The lowest BCUT2D eigenvalue weighted by Crippen LogP contribution is -2.10. The molecule has 0 saturated heterocycles. The Morgan fingerprint density at radius 2 is 2.06 bits per heavy atom. The van der Waals surface area contributed by atoms with Crippen molar-refractivity contribution in [1.82, 2.24) is 0 Å². The molecule has 0 aliphatic carbocycles. The second-order valence-corrected chi connectivity index (χ2v) is 3.57. The fourth-order valence-electron chi connectivity index (χ4n) is 1.17. The molecule has 0 bridgehead atoms. The number of carbonyl (C=O) groups excluding carboxylic acids is 1. The normalized spacial score (nSPS) is 9.62. The Morgan fingerprint density at radius 3 is 2.56 bits per heavy atom. The van der Waals surface area contributed by atoms with Crippen LogP contribution in [0.15, 0.2) is 24.3 Å². The summed E-state index contributed by atoms with van der Waals surface area (Å²) in [6.45, 7) is 3.89. The molecule has 1 amide bonds. The number of benzene rings is 1. The van der Waals surface area contributed by atoms with Gasteiger partial charge < -0.3 is 10.1 Å². The summed E-state index contributed by atoms with van der Waals surface area (Å²) in [6, 6.07) is 8.83. The van der Waals surface area contributed by atoms with Crippen LogP contribution in [0.1, 0.15) is 20.3 Å². The maximum atomic E-state index is 11.1. The highest BCUT2D eigenvalue weighted by atomic mass is 16.5. The molecule has 4 nitrogen and oxygen atoms in total. The quantitative estimate of drug-likeness (QED) is 0.843. The number of nitrogens with one attached hydrogen (secondary N) is 1. The van der Waals surface area contributed by atoms with Gasteiger partial charge in [0, 0.05) is 5.69 Å². The molecule has 84 valence electrons. The van der Waals surface area contributed by atoms with Crippen LogP contribution < -0.4 is 10.1 Å². The van der Waals surface area contributed by atoms with Gasteiger partial charge in [0.25, 0.3) is 0 Å². The van der Waals surface area contributed by atoms with E-state index in [2.05, 4.69) is 5.32 Å². The van der Waals surface area contributed by atoms with E-state index in [1.165, 1.54) is 0 Å². The Bertz CT molecular complexity index is 390. The molecule has 0 fully saturated rings. The number of anilines is 1. The first-order valence-electron chi connectivity index (χ1n) is 5.05. The third-order valence-electron chi connectivity index (χ3n) is 1.75. The summed E-state index contributed by atoms with van der Waals surface area (Å²) in [4.78, 5) is 11.1. The van der Waals surface area contributed by atoms with Crippen LogP contribution in [-0.2, 0) is 4.79 Å². The van der Waals surface area contributed by atoms with Crippen molar-refractivity contribution in [1.29, 1.82) is 5.26 Å². The summed E-state index contributed by atoms with van der Waals surface area (Å²) in [5.74, 6) is 0.452. The SMILES string of the molecule is CC(C)Oc1ccc(NC(=O)CC#N)cc1. The van der Waals surface area contributed by atoms with E-state index >= 15 is 0 Å². The highest BCUT2D eigenvalue weighted by molar-refractivity contribution is 5.92. The molecule has 0 aliphatic heterocycles. The van der Waals surface area contributed by atoms with Gasteiger partial charge in [-0.15, -0.1) is 0 Å². The Morgan fingerprint density at radius 1 is 1.44 bits per heavy atom. The molecule has 1 aromatic carbocycles. The van der Waals surface area contributed by atoms with Gasteiger partial charge in [-0.1, -0.05) is 0 Å². The average molecular weight is 218 g/mol. The Kier molecular flexibility index (Phi) is 4.34. The van der Waals surface area contributed by atoms with E-state index in [1.54, 1.807) is 30.3 Å². The van der Waals surface area contributed by atoms with Gasteiger partial charge in [0.15, 0.2) is 0 Å². The van der Waals surface area contributed by atoms with E-state index in [0.717, 1.165) is 5.75 Å². The van der Waals surface area contributed by atoms with Crippen molar-refractivity contribution < 1.29 is 9.53 Å². The molecule has 0 spiro atoms. The van der Waals surface area contributed by atoms with Crippen molar-refractivity contribution >= 4 is 11.6 Å². The molecular formula is C12H14N2O2. The van der Waals surface area contributed by atoms with Crippen LogP contribution in [0.25, 0.3) is 0 Å². The minimum Gasteiger partial charge on any atom is -0.491 e. The first-order valence-corrected chi connectivity index (χ1v) is 5.05. The van der Waals surface area contributed by atoms with Gasteiger partial charge >= 0.3 is 0 Å². The van der Waals surface area contributed by atoms with Crippen molar-refractivity contribution in [2.24, 2.45) is 0 Å². The average Bonchev–Trinajstić information content (AvgIpc) is 2.20. The number of nitriles is 1. The van der Waals surface area contributed by atoms with Crippen molar-refractivity contribution in [3.05, 3.63) is 24.3 Å². The fourth-order valence-corrected chi connectivity index (χ4v) is 1.17. The minimum absolute atomic E-state index is 0.124. The third-order valence-corrected chi connectivity index (χ3v) is 1.75. The zero-order chi connectivity index (χ0) is 12.0. The molecule has 1 rings (SSSR count). The lowest BCUT2D eigenvalue weighted by atomic mass is 10.3. The Hall–Kier alpha value is -2.02. The molecule has 0 heterocycles. The number of ether oxygens (including phenoxy) is 1. The number of nitrogens with zero attached hydrogens (tertiary/aromatic N) is 1. The van der Waals surface area contributed by atoms with Crippen LogP contribution in [-0.4, -0.2) is 12.0 Å². The molecular weight excluding hydrogens is 204 g/mol. The van der Waals surface area contributed by atoms with Gasteiger partial charge in [0.2, 0.25) is 5.91 Å². The van der Waals surface area contributed by atoms with E-state index in [0.29, 0.717) is 5.69 Å². The monoisotopic (exact) mass is 218 g/mol. The van der Waals surface area contributed by atoms with E-state index in [-0.39, 0.29) is 18.4 Å². The molecule has 0 aliphatic rings. The standard InChI is InChI=1S/C12H14N2O2/c1-9(2)16-11-5-3-10(4-6-11)14-12(15)7-8-13/h3-6,9H,7H2,1-2H3,(H,14,15). The topological polar surface area (TPSA) is 62.1 Å². The van der Waals surface area contributed by atoms with Gasteiger partial charge in [-0.25, -0.2) is 0 Å². The third kappa shape index (κ3) is 4.01. The summed E-state index contributed by atoms with van der Waals surface area (Å²) in [5, 5.41) is 10.9. The summed E-state index contributed by atoms with van der Waals surface area (Å²) >= 11 is 0. The molecule has 1 N–H and O–H groups in total. The summed E-state index contributed by atoms with van der Waals surface area (Å²) in [6.07, 6.45) is -0.0106. The highest BCUT2D eigenvalue weighted by Crippen LogP contribution is 2.16. The Balaban J connectivity index is 2.58. The zero-order valence-corrected chi connectivity index (χ0v) is 9.36. The molecule has 4 heteroatoms. The van der Waals surface area contributed by atoms with Crippen molar-refractivity contribution in [3.8, 4) is 11.8 Å². The first kappa shape index (κ1) is 12.1. The fraction of sp³-hybridized carbons (Fsp3) is 0.333. The summed E-state index contributed by atoms with van der Waals surface area (Å²) < 4.78 is 5.46. The van der Waals surface area contributed by atoms with Gasteiger partial charge in [0.1, 0.15) is 12.2 Å². The van der Waals surface area contributed by atoms with Crippen molar-refractivity contribution in [3.63, 3.8) is 0 Å². The van der Waals surface area contributed by atoms with Gasteiger partial charge in [-0.05, 0) is 38.1 Å². The highest BCUT2D eigenvalue weighted by Gasteiger charge is 2.02. The lowest BCUT2D eigenvalue weighted by molar-refractivity contribution is -0.115. The van der Waals surface area contributed by atoms with E-state index < -0.39 is 0 Å². The molecule has 0 atom stereocenters. The minimum atomic E-state index is -0.306. The number of carbonyl (C=O) groups is 1. The van der Waals surface area contributed by atoms with E-state index in [1.807, 2.05) is 13.8 Å². The molecule has 0 saturated carbocycles. The second kappa shape index (κ2) is 5.76. The number of amides is 1. The molecule has 0 aromatic heterocycles. The van der Waals surface area contributed by atoms with E-state index in [9.17, 15) is 4.79 Å². The molecule has 1 aromatic rings. The predicted molar refractivity (Wildman–Crippen MR) is 61.1 cm³/mol. The van der Waals surface area contributed by atoms with Crippen LogP contribution in [0.3, 0.4) is 0 Å². The lowest BCUT2D eigenvalue weighted by Gasteiger charge is -2.10. The first-order chi connectivity index (χ1) is 7.61. The largest absolute Gasteiger partial charge is 0.491 e. The van der Waals surface area contributed by atoms with Gasteiger partial charge in [-0.2, -0.15) is 5.26 Å². The zero-order valence-electron chi connectivity index (χ0n) is 9.36. The smallest absolute Gasteiger partial charge is 0.238 e. The van der Waals surface area contributed by atoms with Crippen molar-refractivity contribution in [2.75, 3.05) is 5.32 Å². The van der Waals surface area contributed by atoms with Crippen LogP contribution in [0.5, 0.6) is 5.75 Å². The van der Waals surface area contributed by atoms with Crippen molar-refractivity contribution in [2.45, 2.75) is 26.4 Å². The maximum absolute atomic E-state index is 11.1. The second-order valence-electron chi connectivity index (χ2n) is 3.57. The van der Waals surface area contributed by atoms with E-state index in [4.69, 9.17) is 10.00 Å². The summed E-state index contributed by atoms with van der Waals surface area (Å²) in [7, 11) is 0. The van der Waals surface area contributed by atoms with Gasteiger partial charge in [-0.3, -0.25) is 4.79 Å². The molecule has 16 heavy (non-hydrogen) atoms. The number of rotatable bonds is 4. The Labute approximate surface area is 94.8 Å². The predicted octanol–water partition coefficient (Wildman–Crippen LogP) is 2.33. The summed E-state index contributed by atoms with van der Waals surface area (Å²) in [5.41, 5.74) is 0.663. The van der Waals surface area contributed by atoms with Crippen LogP contribution >= 0.6 is 0 Å². The number of hydrogen-bond donors (Lipinski definition) is 1. The number of hydrogen-bond acceptors (Lipinski definition) is 3. The van der Waals surface area contributed by atoms with Crippen LogP contribution in [0.2, 0.25) is 0 Å². The molecule has 0 unspecified atom stereocenters. The van der Waals surface area contributed by atoms with Crippen LogP contribution in [0, 0.1) is 11.3 Å². The molecule has 0 radical (unpaired) electrons. The maximum Gasteiger partial charge on any atom is 0.238 e.